The van der Waals surface area contributed by atoms with Gasteiger partial charge in [-0.25, -0.2) is 4.67 Å². The van der Waals surface area contributed by atoms with Gasteiger partial charge in [-0.2, -0.15) is 5.26 Å². The highest BCUT2D eigenvalue weighted by molar-refractivity contribution is 7.44. The zero-order valence-electron chi connectivity index (χ0n) is 21.0. The van der Waals surface area contributed by atoms with Gasteiger partial charge < -0.3 is 13.8 Å². The number of hydrogen-bond donors (Lipinski definition) is 0. The lowest BCUT2D eigenvalue weighted by atomic mass is 9.86. The molecule has 0 radical (unpaired) electrons. The molecule has 172 valence electrons. The lowest BCUT2D eigenvalue weighted by Gasteiger charge is -2.40. The highest BCUT2D eigenvalue weighted by atomic mass is 31.2. The number of ether oxygens (including phenoxy) is 1. The molecule has 1 unspecified atom stereocenters. The third-order valence-electron chi connectivity index (χ3n) is 4.66. The summed E-state index contributed by atoms with van der Waals surface area (Å²) < 4.78 is 21.0. The lowest BCUT2D eigenvalue weighted by Crippen LogP contribution is -2.37. The van der Waals surface area contributed by atoms with E-state index in [4.69, 9.17) is 19.0 Å². The van der Waals surface area contributed by atoms with Crippen LogP contribution >= 0.6 is 8.53 Å². The van der Waals surface area contributed by atoms with Gasteiger partial charge in [-0.15, -0.1) is 0 Å². The van der Waals surface area contributed by atoms with E-state index in [0.29, 0.717) is 37.1 Å². The minimum Gasteiger partial charge on any atom is -0.375 e. The number of nitriles is 1. The van der Waals surface area contributed by atoms with Crippen LogP contribution in [0, 0.1) is 16.7 Å². The molecule has 0 aliphatic carbocycles. The molecule has 0 saturated carbocycles. The van der Waals surface area contributed by atoms with Crippen molar-refractivity contribution in [2.24, 2.45) is 5.41 Å². The Labute approximate surface area is 182 Å². The summed E-state index contributed by atoms with van der Waals surface area (Å²) in [6.07, 6.45) is 3.33. The summed E-state index contributed by atoms with van der Waals surface area (Å²) in [5.74, 6) is 0. The molecule has 29 heavy (non-hydrogen) atoms. The third kappa shape index (κ3) is 13.6. The van der Waals surface area contributed by atoms with Gasteiger partial charge >= 0.3 is 0 Å². The Hall–Kier alpha value is -0.240. The second kappa shape index (κ2) is 12.6. The lowest BCUT2D eigenvalue weighted by molar-refractivity contribution is -0.0516. The van der Waals surface area contributed by atoms with Gasteiger partial charge in [-0.1, -0.05) is 20.8 Å². The fourth-order valence-corrected chi connectivity index (χ4v) is 4.66. The maximum atomic E-state index is 8.86. The molecule has 0 fully saturated rings. The number of hydrogen-bond acceptors (Lipinski definition) is 5. The fourth-order valence-electron chi connectivity index (χ4n) is 2.86. The van der Waals surface area contributed by atoms with Gasteiger partial charge in [-0.3, -0.25) is 0 Å². The van der Waals surface area contributed by atoms with Crippen molar-refractivity contribution < 1.29 is 13.8 Å². The number of nitrogens with zero attached hydrogens (tertiary/aromatic N) is 2. The summed E-state index contributed by atoms with van der Waals surface area (Å²) in [4.78, 5) is 0. The van der Waals surface area contributed by atoms with Gasteiger partial charge in [-0.05, 0) is 80.1 Å². The van der Waals surface area contributed by atoms with Crippen molar-refractivity contribution in [1.82, 2.24) is 4.67 Å². The first-order valence-corrected chi connectivity index (χ1v) is 12.1. The van der Waals surface area contributed by atoms with Gasteiger partial charge in [0.1, 0.15) is 0 Å². The van der Waals surface area contributed by atoms with Crippen molar-refractivity contribution in [3.8, 4) is 6.07 Å². The fraction of sp³-hybridized carbons (Fsp3) is 0.957. The van der Waals surface area contributed by atoms with Gasteiger partial charge in [0.2, 0.25) is 0 Å². The molecule has 0 aromatic carbocycles. The van der Waals surface area contributed by atoms with E-state index in [0.717, 1.165) is 19.3 Å². The van der Waals surface area contributed by atoms with Crippen LogP contribution in [0.25, 0.3) is 0 Å². The monoisotopic (exact) mass is 430 g/mol. The molecule has 0 aromatic heterocycles. The van der Waals surface area contributed by atoms with Crippen molar-refractivity contribution in [2.75, 3.05) is 13.2 Å². The highest BCUT2D eigenvalue weighted by Crippen LogP contribution is 2.49. The quantitative estimate of drug-likeness (QED) is 0.218. The van der Waals surface area contributed by atoms with Crippen LogP contribution in [0.1, 0.15) is 102 Å². The number of rotatable bonds is 14. The first kappa shape index (κ1) is 28.8. The Balaban J connectivity index is 4.89. The Morgan fingerprint density at radius 2 is 1.38 bits per heavy atom. The van der Waals surface area contributed by atoms with Crippen molar-refractivity contribution in [3.05, 3.63) is 0 Å². The van der Waals surface area contributed by atoms with Crippen LogP contribution in [-0.2, 0) is 13.8 Å². The van der Waals surface area contributed by atoms with Gasteiger partial charge in [0.05, 0.1) is 36.9 Å². The molecule has 0 N–H and O–H groups in total. The van der Waals surface area contributed by atoms with Crippen LogP contribution in [-0.4, -0.2) is 41.2 Å². The summed E-state index contributed by atoms with van der Waals surface area (Å²) in [7, 11) is -1.24. The molecule has 0 heterocycles. The van der Waals surface area contributed by atoms with E-state index in [2.05, 4.69) is 86.9 Å². The van der Waals surface area contributed by atoms with E-state index >= 15 is 0 Å². The molecule has 0 aliphatic rings. The average Bonchev–Trinajstić information content (AvgIpc) is 2.51. The van der Waals surface area contributed by atoms with Crippen LogP contribution in [0.5, 0.6) is 0 Å². The predicted octanol–water partition coefficient (Wildman–Crippen LogP) is 7.07. The zero-order chi connectivity index (χ0) is 22.9. The highest BCUT2D eigenvalue weighted by Gasteiger charge is 2.33. The Morgan fingerprint density at radius 1 is 0.828 bits per heavy atom. The minimum atomic E-state index is -1.24. The Morgan fingerprint density at radius 3 is 1.83 bits per heavy atom. The maximum absolute atomic E-state index is 8.86. The normalized spacial score (nSPS) is 14.7. The molecule has 6 heteroatoms. The second-order valence-electron chi connectivity index (χ2n) is 10.8. The van der Waals surface area contributed by atoms with Crippen LogP contribution in [0.2, 0.25) is 0 Å². The van der Waals surface area contributed by atoms with Gasteiger partial charge in [0, 0.05) is 12.1 Å². The standard InChI is InChI=1S/C23H47N2O3P/c1-19(2)25(20(3)4)29(27-17-12-16-24)28-23(10,11)15-18-26-22(8,9)14-13-21(5,6)7/h19-20H,12-15,17-18H2,1-11H3. The molecule has 0 rings (SSSR count). The van der Waals surface area contributed by atoms with E-state index in [1.54, 1.807) is 0 Å². The zero-order valence-corrected chi connectivity index (χ0v) is 21.9. The SMILES string of the molecule is CC(C)N(C(C)C)P(OCCC#N)OC(C)(C)CCOC(C)(C)CCC(C)(C)C. The molecule has 0 spiro atoms. The van der Waals surface area contributed by atoms with Crippen molar-refractivity contribution in [3.63, 3.8) is 0 Å². The largest absolute Gasteiger partial charge is 0.375 e. The van der Waals surface area contributed by atoms with E-state index in [1.165, 1.54) is 0 Å². The predicted molar refractivity (Wildman–Crippen MR) is 124 cm³/mol. The molecule has 1 atom stereocenters. The van der Waals surface area contributed by atoms with Gasteiger partial charge in [0.25, 0.3) is 8.53 Å². The molecular formula is C23H47N2O3P. The summed E-state index contributed by atoms with van der Waals surface area (Å²) in [5, 5.41) is 8.86. The summed E-state index contributed by atoms with van der Waals surface area (Å²) >= 11 is 0. The molecule has 5 nitrogen and oxygen atoms in total. The van der Waals surface area contributed by atoms with E-state index < -0.39 is 8.53 Å². The molecule has 0 bridgehead atoms. The third-order valence-corrected chi connectivity index (χ3v) is 7.02. The van der Waals surface area contributed by atoms with Crippen LogP contribution < -0.4 is 0 Å². The second-order valence-corrected chi connectivity index (χ2v) is 12.2. The maximum Gasteiger partial charge on any atom is 0.259 e. The molecule has 0 aliphatic heterocycles. The molecular weight excluding hydrogens is 383 g/mol. The van der Waals surface area contributed by atoms with Crippen LogP contribution in [0.3, 0.4) is 0 Å². The summed E-state index contributed by atoms with van der Waals surface area (Å²) in [6.45, 7) is 25.0. The van der Waals surface area contributed by atoms with Crippen LogP contribution in [0.15, 0.2) is 0 Å². The average molecular weight is 431 g/mol. The van der Waals surface area contributed by atoms with Crippen molar-refractivity contribution in [2.45, 2.75) is 125 Å². The van der Waals surface area contributed by atoms with Crippen LogP contribution in [0.4, 0.5) is 0 Å². The van der Waals surface area contributed by atoms with Gasteiger partial charge in [0.15, 0.2) is 0 Å². The first-order valence-electron chi connectivity index (χ1n) is 11.0. The van der Waals surface area contributed by atoms with Crippen molar-refractivity contribution >= 4 is 8.53 Å². The summed E-state index contributed by atoms with van der Waals surface area (Å²) in [6, 6.07) is 2.74. The topological polar surface area (TPSA) is 54.7 Å². The smallest absolute Gasteiger partial charge is 0.259 e. The first-order chi connectivity index (χ1) is 13.1. The molecule has 0 saturated heterocycles. The Bertz CT molecular complexity index is 485. The minimum absolute atomic E-state index is 0.140. The summed E-state index contributed by atoms with van der Waals surface area (Å²) in [5.41, 5.74) is -0.198. The van der Waals surface area contributed by atoms with E-state index in [-0.39, 0.29) is 11.2 Å². The van der Waals surface area contributed by atoms with Crippen molar-refractivity contribution in [1.29, 1.82) is 5.26 Å². The molecule has 0 amide bonds. The molecule has 0 aromatic rings. The van der Waals surface area contributed by atoms with E-state index in [1.807, 2.05) is 0 Å². The van der Waals surface area contributed by atoms with E-state index in [9.17, 15) is 0 Å². The Kier molecular flexibility index (Phi) is 12.5.